The van der Waals surface area contributed by atoms with E-state index in [9.17, 15) is 0 Å². The summed E-state index contributed by atoms with van der Waals surface area (Å²) in [4.78, 5) is 24.6. The highest BCUT2D eigenvalue weighted by Crippen LogP contribution is 2.39. The molecule has 0 unspecified atom stereocenters. The van der Waals surface area contributed by atoms with Crippen molar-refractivity contribution in [2.45, 2.75) is 201 Å². The number of aryl methyl sites for hydroxylation is 6. The van der Waals surface area contributed by atoms with Crippen molar-refractivity contribution in [1.82, 2.24) is 0 Å². The second kappa shape index (κ2) is 54.5. The first-order chi connectivity index (χ1) is 66.4. The Hall–Kier alpha value is -12.8. The van der Waals surface area contributed by atoms with E-state index in [1.165, 1.54) is 172 Å². The summed E-state index contributed by atoms with van der Waals surface area (Å²) in [6, 6.07) is 179. The quantitative estimate of drug-likeness (QED) is 0.0288. The van der Waals surface area contributed by atoms with Crippen molar-refractivity contribution < 1.29 is 7.13 Å². The first-order valence-corrected chi connectivity index (χ1v) is 54.2. The van der Waals surface area contributed by atoms with Crippen LogP contribution in [0.5, 0.6) is 0 Å². The highest BCUT2D eigenvalue weighted by Gasteiger charge is 2.35. The molecule has 0 atom stereocenters. The molecule has 18 aromatic carbocycles. The Morgan fingerprint density at radius 2 is 0.467 bits per heavy atom. The summed E-state index contributed by atoms with van der Waals surface area (Å²) >= 11 is 0. The van der Waals surface area contributed by atoms with Gasteiger partial charge in [-0.25, -0.2) is 0 Å². The third-order valence-electron chi connectivity index (χ3n) is 22.4. The van der Waals surface area contributed by atoms with Gasteiger partial charge in [0.2, 0.25) is 0 Å². The van der Waals surface area contributed by atoms with Gasteiger partial charge >= 0.3 is 0 Å². The van der Waals surface area contributed by atoms with Gasteiger partial charge in [-0.3, -0.25) is 0 Å². The van der Waals surface area contributed by atoms with Crippen LogP contribution >= 0.6 is 0 Å². The Morgan fingerprint density at radius 3 is 0.756 bits per heavy atom. The van der Waals surface area contributed by atoms with Crippen LogP contribution in [0.1, 0.15) is 124 Å². The normalized spacial score (nSPS) is 10.7. The van der Waals surface area contributed by atoms with Crippen molar-refractivity contribution in [3.63, 3.8) is 0 Å². The van der Waals surface area contributed by atoms with Crippen LogP contribution < -0.4 is 0 Å². The SMILES string of the molecule is CC#CC#Cc1ccc([S+](c2ccccc2)c2ccccc2)cc1.CC(C)c1ccc([S+](c2ccccc2)c2ccccc2)cc1.CCCCCCCCc1ccc([S+](c2ccccc2)c2ccccc2)cc1.Cc1ccc([S+](c2ccccc2)c2ccc(C)cc2)cc1.Cc1ccc([S+](c2ccccc2)c2ccccc2)c(C)c1.Cc1ccccc1[S+](c1ccccc1)c1ccccc1.[HH].[HH].[HH].[HH].[HH]. The maximum Gasteiger partial charge on any atom is 0.169 e. The lowest BCUT2D eigenvalue weighted by molar-refractivity contribution is 0.607. The van der Waals surface area contributed by atoms with E-state index in [0.29, 0.717) is 5.92 Å². The molecule has 0 heterocycles. The van der Waals surface area contributed by atoms with Gasteiger partial charge in [0.05, 0.1) is 65.4 Å². The van der Waals surface area contributed by atoms with Crippen molar-refractivity contribution in [2.75, 3.05) is 0 Å². The van der Waals surface area contributed by atoms with Crippen molar-refractivity contribution in [3.8, 4) is 23.7 Å². The first kappa shape index (κ1) is 99.7. The lowest BCUT2D eigenvalue weighted by atomic mass is 10.0. The van der Waals surface area contributed by atoms with Gasteiger partial charge in [0.15, 0.2) is 88.1 Å². The molecule has 680 valence electrons. The number of unbranched alkanes of at least 4 members (excludes halogenated alkanes) is 5. The molecule has 18 rings (SSSR count). The highest BCUT2D eigenvalue weighted by atomic mass is 32.2. The fourth-order valence-electron chi connectivity index (χ4n) is 15.4. The number of benzene rings is 18. The fraction of sp³-hybridized carbons (Fsp3) is 0.132. The Kier molecular flexibility index (Phi) is 40.2. The number of hydrogen-bond donors (Lipinski definition) is 0. The molecule has 0 radical (unpaired) electrons. The lowest BCUT2D eigenvalue weighted by Crippen LogP contribution is -2.06. The van der Waals surface area contributed by atoms with Gasteiger partial charge in [0.25, 0.3) is 0 Å². The van der Waals surface area contributed by atoms with E-state index in [1.807, 2.05) is 0 Å². The Balaban J connectivity index is 0.000000205. The standard InChI is InChI=1S/C26H31S.C23H17S.C21H21S.2C20H19S.C19H17S.5H2/c1-2-3-4-5-6-9-14-23-19-21-26(22-20-23)27(24-15-10-7-11-16-24)25-17-12-8-13-18-25;1-2-3-6-11-20-16-18-23(19-17-20)24(21-12-7-4-8-13-21)22-14-9-5-10-15-22;1-17(2)18-13-15-21(16-14-18)22(19-9-5-3-6-10-19)20-11-7-4-8-12-20;1-16-13-14-20(17(2)15-16)21(18-9-5-3-6-10-18)19-11-7-4-8-12-19;1-16-8-12-19(13-9-16)21(18-6-4-3-5-7-18)20-14-10-17(2)11-15-20;1-16-10-8-9-15-19(16)20(17-11-4-2-5-12-17)18-13-6-3-7-14-18;;;;;/h7-8,10-13,15-22H,2-6,9,14H2,1H3;4-5,7-10,12-19H,1H3;3-17H,1-2H3;2*3-15H,1-2H3;2-15H,1H3;5*1H/q6*+1;;;;;. The maximum atomic E-state index is 3.07. The Labute approximate surface area is 832 Å². The van der Waals surface area contributed by atoms with E-state index >= 15 is 0 Å². The number of hydrogen-bond acceptors (Lipinski definition) is 0. The van der Waals surface area contributed by atoms with Gasteiger partial charge in [-0.2, -0.15) is 0 Å². The molecule has 0 saturated heterocycles. The van der Waals surface area contributed by atoms with Crippen LogP contribution in [0.3, 0.4) is 0 Å². The molecule has 0 bridgehead atoms. The third kappa shape index (κ3) is 30.3. The van der Waals surface area contributed by atoms with Crippen LogP contribution in [0.15, 0.2) is 586 Å². The minimum atomic E-state index is -0.106. The average Bonchev–Trinajstić information content (AvgIpc) is 0.787. The van der Waals surface area contributed by atoms with E-state index in [1.54, 1.807) is 6.92 Å². The van der Waals surface area contributed by atoms with Gasteiger partial charge in [0, 0.05) is 23.8 Å². The molecule has 135 heavy (non-hydrogen) atoms. The Bertz CT molecular complexity index is 6340. The van der Waals surface area contributed by atoms with Gasteiger partial charge < -0.3 is 0 Å². The minimum Gasteiger partial charge on any atom is -0.0925 e. The molecule has 0 spiro atoms. The largest absolute Gasteiger partial charge is 0.169 e. The zero-order chi connectivity index (χ0) is 93.8. The van der Waals surface area contributed by atoms with Gasteiger partial charge in [-0.15, -0.1) is 0 Å². The third-order valence-corrected chi connectivity index (χ3v) is 36.1. The number of rotatable bonds is 26. The predicted molar refractivity (Wildman–Crippen MR) is 595 cm³/mol. The van der Waals surface area contributed by atoms with Crippen molar-refractivity contribution in [3.05, 3.63) is 542 Å². The van der Waals surface area contributed by atoms with Gasteiger partial charge in [-0.05, 0) is 302 Å². The minimum absolute atomic E-state index is 0. The highest BCUT2D eigenvalue weighted by molar-refractivity contribution is 7.98. The van der Waals surface area contributed by atoms with Crippen LogP contribution in [-0.4, -0.2) is 0 Å². The lowest BCUT2D eigenvalue weighted by Gasteiger charge is -2.10. The summed E-state index contributed by atoms with van der Waals surface area (Å²) in [5, 5.41) is 0. The summed E-state index contributed by atoms with van der Waals surface area (Å²) < 4.78 is 0. The van der Waals surface area contributed by atoms with Crippen LogP contribution in [0.2, 0.25) is 0 Å². The summed E-state index contributed by atoms with van der Waals surface area (Å²) in [5.41, 5.74) is 10.5. The molecule has 0 aliphatic heterocycles. The Morgan fingerprint density at radius 1 is 0.222 bits per heavy atom. The van der Waals surface area contributed by atoms with Gasteiger partial charge in [0.1, 0.15) is 0 Å². The predicted octanol–water partition coefficient (Wildman–Crippen LogP) is 35.9. The molecule has 0 fully saturated rings. The smallest absolute Gasteiger partial charge is 0.0925 e. The van der Waals surface area contributed by atoms with Crippen LogP contribution in [0.4, 0.5) is 0 Å². The van der Waals surface area contributed by atoms with Crippen LogP contribution in [0, 0.1) is 58.3 Å². The van der Waals surface area contributed by atoms with Gasteiger partial charge in [-0.1, -0.05) is 360 Å². The topological polar surface area (TPSA) is 0 Å². The summed E-state index contributed by atoms with van der Waals surface area (Å²) in [6.45, 7) is 19.4. The van der Waals surface area contributed by atoms with Crippen LogP contribution in [0.25, 0.3) is 0 Å². The molecular weight excluding hydrogens is 1740 g/mol. The van der Waals surface area contributed by atoms with Crippen molar-refractivity contribution in [2.24, 2.45) is 0 Å². The zero-order valence-electron chi connectivity index (χ0n) is 79.3. The summed E-state index contributed by atoms with van der Waals surface area (Å²) in [7, 11) is -0.268. The molecule has 0 aliphatic rings. The van der Waals surface area contributed by atoms with Crippen molar-refractivity contribution in [1.29, 1.82) is 0 Å². The van der Waals surface area contributed by atoms with Crippen molar-refractivity contribution >= 4 is 65.4 Å². The maximum absolute atomic E-state index is 3.07. The van der Waals surface area contributed by atoms with E-state index in [0.717, 1.165) is 5.56 Å². The molecule has 0 amide bonds. The van der Waals surface area contributed by atoms with E-state index in [-0.39, 0.29) is 72.5 Å². The monoisotopic (exact) mass is 1870 g/mol. The first-order valence-electron chi connectivity index (χ1n) is 46.9. The van der Waals surface area contributed by atoms with E-state index in [2.05, 4.69) is 577 Å². The second-order valence-electron chi connectivity index (χ2n) is 33.0. The molecule has 0 aliphatic carbocycles. The molecule has 0 saturated carbocycles. The average molecular weight is 1880 g/mol. The zero-order valence-corrected chi connectivity index (χ0v) is 84.2. The molecule has 6 heteroatoms. The molecule has 0 nitrogen and oxygen atoms in total. The van der Waals surface area contributed by atoms with Crippen LogP contribution in [-0.2, 0) is 71.8 Å². The van der Waals surface area contributed by atoms with E-state index in [4.69, 9.17) is 0 Å². The molecule has 18 aromatic rings. The molecule has 0 N–H and O–H groups in total. The fourth-order valence-corrected chi connectivity index (χ4v) is 28.2. The summed E-state index contributed by atoms with van der Waals surface area (Å²) in [6.07, 6.45) is 9.37. The second-order valence-corrected chi connectivity index (χ2v) is 45.1. The summed E-state index contributed by atoms with van der Waals surface area (Å²) in [5.74, 6) is 12.1. The molecular formula is C129H134S6+6. The van der Waals surface area contributed by atoms with E-state index < -0.39 is 0 Å². The molecule has 0 aromatic heterocycles.